The SMILES string of the molecule is Cc1cc(C)n([C@@H]2CCN(c3nc(C)nc4onc(C)c34)C2)n1. The third-order valence-corrected chi connectivity index (χ3v) is 4.45. The van der Waals surface area contributed by atoms with Crippen LogP contribution in [0.15, 0.2) is 10.6 Å². The van der Waals surface area contributed by atoms with Crippen molar-refractivity contribution in [1.29, 1.82) is 0 Å². The molecular weight excluding hydrogens is 292 g/mol. The van der Waals surface area contributed by atoms with Gasteiger partial charge in [0.05, 0.1) is 17.4 Å². The first kappa shape index (κ1) is 14.2. The number of hydrogen-bond donors (Lipinski definition) is 0. The summed E-state index contributed by atoms with van der Waals surface area (Å²) >= 11 is 0. The molecule has 7 heteroatoms. The molecule has 3 aromatic heterocycles. The van der Waals surface area contributed by atoms with Crippen LogP contribution < -0.4 is 4.90 Å². The highest BCUT2D eigenvalue weighted by atomic mass is 16.5. The summed E-state index contributed by atoms with van der Waals surface area (Å²) in [6.45, 7) is 9.79. The van der Waals surface area contributed by atoms with Crippen LogP contribution in [0.2, 0.25) is 0 Å². The largest absolute Gasteiger partial charge is 0.354 e. The van der Waals surface area contributed by atoms with E-state index in [-0.39, 0.29) is 0 Å². The van der Waals surface area contributed by atoms with Crippen molar-refractivity contribution in [2.75, 3.05) is 18.0 Å². The van der Waals surface area contributed by atoms with E-state index >= 15 is 0 Å². The molecule has 1 saturated heterocycles. The highest BCUT2D eigenvalue weighted by molar-refractivity contribution is 5.88. The Labute approximate surface area is 134 Å². The number of hydrogen-bond acceptors (Lipinski definition) is 6. The molecule has 7 nitrogen and oxygen atoms in total. The lowest BCUT2D eigenvalue weighted by molar-refractivity contribution is 0.442. The van der Waals surface area contributed by atoms with Crippen LogP contribution in [0.1, 0.15) is 35.4 Å². The van der Waals surface area contributed by atoms with E-state index in [1.807, 2.05) is 20.8 Å². The first-order valence-corrected chi connectivity index (χ1v) is 7.91. The van der Waals surface area contributed by atoms with Crippen molar-refractivity contribution in [2.24, 2.45) is 0 Å². The van der Waals surface area contributed by atoms with Crippen molar-refractivity contribution in [3.8, 4) is 0 Å². The van der Waals surface area contributed by atoms with Crippen LogP contribution in [0.25, 0.3) is 11.1 Å². The summed E-state index contributed by atoms with van der Waals surface area (Å²) in [6.07, 6.45) is 1.05. The molecule has 0 saturated carbocycles. The molecule has 0 spiro atoms. The molecule has 0 aromatic carbocycles. The fourth-order valence-corrected chi connectivity index (χ4v) is 3.45. The molecule has 0 bridgehead atoms. The molecule has 1 aliphatic rings. The Morgan fingerprint density at radius 2 is 2.00 bits per heavy atom. The van der Waals surface area contributed by atoms with Gasteiger partial charge in [0.1, 0.15) is 17.0 Å². The lowest BCUT2D eigenvalue weighted by Gasteiger charge is -2.19. The summed E-state index contributed by atoms with van der Waals surface area (Å²) in [5, 5.41) is 9.60. The quantitative estimate of drug-likeness (QED) is 0.724. The maximum Gasteiger partial charge on any atom is 0.263 e. The van der Waals surface area contributed by atoms with Gasteiger partial charge in [0.15, 0.2) is 0 Å². The third kappa shape index (κ3) is 2.27. The molecule has 0 unspecified atom stereocenters. The van der Waals surface area contributed by atoms with Gasteiger partial charge < -0.3 is 9.42 Å². The summed E-state index contributed by atoms with van der Waals surface area (Å²) < 4.78 is 7.46. The van der Waals surface area contributed by atoms with Crippen molar-refractivity contribution in [2.45, 2.75) is 40.2 Å². The molecule has 0 aliphatic carbocycles. The van der Waals surface area contributed by atoms with Crippen LogP contribution in [-0.4, -0.2) is 38.0 Å². The predicted octanol–water partition coefficient (Wildman–Crippen LogP) is 2.50. The Bertz CT molecular complexity index is 880. The molecule has 1 aliphatic heterocycles. The lowest BCUT2D eigenvalue weighted by atomic mass is 10.2. The van der Waals surface area contributed by atoms with Crippen molar-refractivity contribution in [3.63, 3.8) is 0 Å². The van der Waals surface area contributed by atoms with Crippen LogP contribution in [-0.2, 0) is 0 Å². The average molecular weight is 312 g/mol. The molecule has 23 heavy (non-hydrogen) atoms. The van der Waals surface area contributed by atoms with Crippen molar-refractivity contribution < 1.29 is 4.52 Å². The van der Waals surface area contributed by atoms with Crippen LogP contribution in [0.5, 0.6) is 0 Å². The first-order chi connectivity index (χ1) is 11.0. The fourth-order valence-electron chi connectivity index (χ4n) is 3.45. The minimum atomic E-state index is 0.370. The van der Waals surface area contributed by atoms with Gasteiger partial charge in [-0.3, -0.25) is 4.68 Å². The highest BCUT2D eigenvalue weighted by Crippen LogP contribution is 2.32. The van der Waals surface area contributed by atoms with Gasteiger partial charge in [-0.25, -0.2) is 4.98 Å². The topological polar surface area (TPSA) is 72.9 Å². The predicted molar refractivity (Wildman–Crippen MR) is 86.6 cm³/mol. The molecule has 4 rings (SSSR count). The third-order valence-electron chi connectivity index (χ3n) is 4.45. The number of anilines is 1. The molecule has 4 heterocycles. The van der Waals surface area contributed by atoms with Gasteiger partial charge in [-0.2, -0.15) is 10.1 Å². The summed E-state index contributed by atoms with van der Waals surface area (Å²) in [4.78, 5) is 11.3. The smallest absolute Gasteiger partial charge is 0.263 e. The second-order valence-electron chi connectivity index (χ2n) is 6.30. The van der Waals surface area contributed by atoms with E-state index in [4.69, 9.17) is 4.52 Å². The van der Waals surface area contributed by atoms with Gasteiger partial charge in [-0.1, -0.05) is 5.16 Å². The zero-order chi connectivity index (χ0) is 16.1. The van der Waals surface area contributed by atoms with Crippen LogP contribution in [0.4, 0.5) is 5.82 Å². The summed E-state index contributed by atoms with van der Waals surface area (Å²) in [7, 11) is 0. The minimum Gasteiger partial charge on any atom is -0.354 e. The van der Waals surface area contributed by atoms with E-state index in [1.54, 1.807) is 0 Å². The Morgan fingerprint density at radius 1 is 1.17 bits per heavy atom. The molecule has 1 atom stereocenters. The van der Waals surface area contributed by atoms with Crippen molar-refractivity contribution in [3.05, 3.63) is 29.0 Å². The molecule has 0 N–H and O–H groups in total. The summed E-state index contributed by atoms with van der Waals surface area (Å²) in [5.41, 5.74) is 3.68. The number of aryl methyl sites for hydroxylation is 4. The van der Waals surface area contributed by atoms with Crippen molar-refractivity contribution in [1.82, 2.24) is 24.9 Å². The van der Waals surface area contributed by atoms with Crippen molar-refractivity contribution >= 4 is 16.9 Å². The average Bonchev–Trinajstić information content (AvgIpc) is 3.18. The standard InChI is InChI=1S/C16H20N6O/c1-9-7-10(2)22(19-9)13-5-6-21(8-13)15-14-11(3)20-23-16(14)18-12(4)17-15/h7,13H,5-6,8H2,1-4H3/t13-/m1/s1. The van der Waals surface area contributed by atoms with Crippen LogP contribution in [0.3, 0.4) is 0 Å². The summed E-state index contributed by atoms with van der Waals surface area (Å²) in [6, 6.07) is 2.49. The Kier molecular flexibility index (Phi) is 3.11. The highest BCUT2D eigenvalue weighted by Gasteiger charge is 2.29. The van der Waals surface area contributed by atoms with Crippen LogP contribution >= 0.6 is 0 Å². The lowest BCUT2D eigenvalue weighted by Crippen LogP contribution is -2.23. The second-order valence-corrected chi connectivity index (χ2v) is 6.30. The zero-order valence-corrected chi connectivity index (χ0v) is 13.9. The molecule has 3 aromatic rings. The molecule has 0 radical (unpaired) electrons. The monoisotopic (exact) mass is 312 g/mol. The number of aromatic nitrogens is 5. The zero-order valence-electron chi connectivity index (χ0n) is 13.9. The molecule has 0 amide bonds. The van der Waals surface area contributed by atoms with Gasteiger partial charge in [0.2, 0.25) is 0 Å². The first-order valence-electron chi connectivity index (χ1n) is 7.91. The van der Waals surface area contributed by atoms with E-state index in [9.17, 15) is 0 Å². The summed E-state index contributed by atoms with van der Waals surface area (Å²) in [5.74, 6) is 1.63. The Hall–Kier alpha value is -2.44. The number of fused-ring (bicyclic) bond motifs is 1. The fraction of sp³-hybridized carbons (Fsp3) is 0.500. The Morgan fingerprint density at radius 3 is 2.74 bits per heavy atom. The molecular formula is C16H20N6O. The van der Waals surface area contributed by atoms with Gasteiger partial charge in [0, 0.05) is 18.8 Å². The molecule has 120 valence electrons. The number of nitrogens with zero attached hydrogens (tertiary/aromatic N) is 6. The molecule has 1 fully saturated rings. The van der Waals surface area contributed by atoms with Gasteiger partial charge in [-0.15, -0.1) is 0 Å². The van der Waals surface area contributed by atoms with E-state index in [1.165, 1.54) is 5.69 Å². The van der Waals surface area contributed by atoms with E-state index in [2.05, 4.69) is 42.8 Å². The maximum absolute atomic E-state index is 5.32. The van der Waals surface area contributed by atoms with Gasteiger partial charge >= 0.3 is 0 Å². The van der Waals surface area contributed by atoms with Crippen LogP contribution in [0, 0.1) is 27.7 Å². The van der Waals surface area contributed by atoms with E-state index < -0.39 is 0 Å². The van der Waals surface area contributed by atoms with Gasteiger partial charge in [0.25, 0.3) is 5.71 Å². The second kappa shape index (κ2) is 5.04. The Balaban J connectivity index is 1.70. The normalized spacial score (nSPS) is 18.3. The maximum atomic E-state index is 5.32. The number of rotatable bonds is 2. The minimum absolute atomic E-state index is 0.370. The van der Waals surface area contributed by atoms with E-state index in [0.717, 1.165) is 42.1 Å². The van der Waals surface area contributed by atoms with Gasteiger partial charge in [-0.05, 0) is 40.2 Å². The van der Waals surface area contributed by atoms with E-state index in [0.29, 0.717) is 17.6 Å².